The third-order valence-electron chi connectivity index (χ3n) is 2.14. The van der Waals surface area contributed by atoms with E-state index < -0.39 is 10.1 Å². The number of benzene rings is 2. The van der Waals surface area contributed by atoms with E-state index >= 15 is 0 Å². The Labute approximate surface area is 87.1 Å². The number of hydrogen-bond donors (Lipinski definition) is 1. The largest absolute Gasteiger partial charge is 0.744 e. The second kappa shape index (κ2) is 3.22. The predicted molar refractivity (Wildman–Crippen MR) is 56.3 cm³/mol. The molecule has 0 aliphatic rings. The molecule has 0 saturated carbocycles. The summed E-state index contributed by atoms with van der Waals surface area (Å²) in [6.45, 7) is 0. The van der Waals surface area contributed by atoms with Crippen LogP contribution in [-0.2, 0) is 10.1 Å². The molecule has 2 N–H and O–H groups in total. The Bertz CT molecular complexity index is 620. The van der Waals surface area contributed by atoms with Crippen molar-refractivity contribution in [2.75, 3.05) is 5.73 Å². The molecule has 0 aliphatic heterocycles. The standard InChI is InChI=1S/C10H9NO3S/c11-8-5-4-7-2-1-3-10(9(7)6-8)15(12,13)14/h1-6H,11H2,(H,12,13,14)/p-1. The summed E-state index contributed by atoms with van der Waals surface area (Å²) in [7, 11) is -4.45. The number of hydrogen-bond acceptors (Lipinski definition) is 4. The van der Waals surface area contributed by atoms with Crippen LogP contribution in [0, 0.1) is 0 Å². The summed E-state index contributed by atoms with van der Waals surface area (Å²) in [6, 6.07) is 9.36. The van der Waals surface area contributed by atoms with E-state index in [1.54, 1.807) is 18.2 Å². The molecular weight excluding hydrogens is 214 g/mol. The summed E-state index contributed by atoms with van der Waals surface area (Å²) in [4.78, 5) is -0.229. The van der Waals surface area contributed by atoms with Crippen LogP contribution in [0.4, 0.5) is 5.69 Å². The van der Waals surface area contributed by atoms with Crippen LogP contribution in [-0.4, -0.2) is 13.0 Å². The molecule has 0 spiro atoms. The molecule has 15 heavy (non-hydrogen) atoms. The van der Waals surface area contributed by atoms with Crippen LogP contribution >= 0.6 is 0 Å². The maximum atomic E-state index is 11.0. The summed E-state index contributed by atoms with van der Waals surface area (Å²) < 4.78 is 32.9. The Balaban J connectivity index is 2.92. The maximum Gasteiger partial charge on any atom is 0.125 e. The van der Waals surface area contributed by atoms with Gasteiger partial charge in [-0.3, -0.25) is 0 Å². The maximum absolute atomic E-state index is 11.0. The lowest BCUT2D eigenvalue weighted by Gasteiger charge is -2.10. The topological polar surface area (TPSA) is 83.2 Å². The average molecular weight is 222 g/mol. The molecule has 0 heterocycles. The van der Waals surface area contributed by atoms with E-state index in [9.17, 15) is 13.0 Å². The van der Waals surface area contributed by atoms with Crippen LogP contribution in [0.1, 0.15) is 0 Å². The van der Waals surface area contributed by atoms with Crippen LogP contribution in [0.25, 0.3) is 10.8 Å². The molecule has 2 aromatic rings. The summed E-state index contributed by atoms with van der Waals surface area (Å²) in [5.74, 6) is 0. The molecule has 2 rings (SSSR count). The zero-order valence-electron chi connectivity index (χ0n) is 7.67. The lowest BCUT2D eigenvalue weighted by molar-refractivity contribution is 0.464. The van der Waals surface area contributed by atoms with Crippen molar-refractivity contribution in [2.24, 2.45) is 0 Å². The summed E-state index contributed by atoms with van der Waals surface area (Å²) in [5, 5.41) is 1.05. The minimum Gasteiger partial charge on any atom is -0.744 e. The van der Waals surface area contributed by atoms with Crippen molar-refractivity contribution in [3.05, 3.63) is 36.4 Å². The van der Waals surface area contributed by atoms with Gasteiger partial charge in [-0.05, 0) is 23.6 Å². The molecule has 0 aliphatic carbocycles. The molecule has 0 saturated heterocycles. The highest BCUT2D eigenvalue weighted by molar-refractivity contribution is 7.86. The van der Waals surface area contributed by atoms with Crippen molar-refractivity contribution >= 4 is 26.6 Å². The summed E-state index contributed by atoms with van der Waals surface area (Å²) in [6.07, 6.45) is 0. The molecule has 0 bridgehead atoms. The number of rotatable bonds is 1. The third-order valence-corrected chi connectivity index (χ3v) is 3.03. The first-order valence-electron chi connectivity index (χ1n) is 4.22. The van der Waals surface area contributed by atoms with Crippen LogP contribution in [0.2, 0.25) is 0 Å². The number of nitrogen functional groups attached to an aromatic ring is 1. The van der Waals surface area contributed by atoms with Crippen molar-refractivity contribution in [1.82, 2.24) is 0 Å². The zero-order valence-corrected chi connectivity index (χ0v) is 8.49. The Hall–Kier alpha value is -1.59. The van der Waals surface area contributed by atoms with Gasteiger partial charge in [-0.15, -0.1) is 0 Å². The average Bonchev–Trinajstić information content (AvgIpc) is 2.15. The van der Waals surface area contributed by atoms with Gasteiger partial charge in [-0.25, -0.2) is 8.42 Å². The summed E-state index contributed by atoms with van der Waals surface area (Å²) in [5.41, 5.74) is 5.97. The SMILES string of the molecule is Nc1ccc2cccc(S(=O)(=O)[O-])c2c1. The lowest BCUT2D eigenvalue weighted by Crippen LogP contribution is -1.99. The molecule has 0 radical (unpaired) electrons. The van der Waals surface area contributed by atoms with Crippen LogP contribution in [0.3, 0.4) is 0 Å². The second-order valence-corrected chi connectivity index (χ2v) is 4.54. The van der Waals surface area contributed by atoms with Gasteiger partial charge in [0.15, 0.2) is 0 Å². The second-order valence-electron chi connectivity index (χ2n) is 3.19. The molecule has 5 heteroatoms. The van der Waals surface area contributed by atoms with Gasteiger partial charge < -0.3 is 10.3 Å². The quantitative estimate of drug-likeness (QED) is 0.582. The van der Waals surface area contributed by atoms with Crippen LogP contribution in [0.5, 0.6) is 0 Å². The van der Waals surface area contributed by atoms with Crippen molar-refractivity contribution in [3.63, 3.8) is 0 Å². The Morgan fingerprint density at radius 1 is 1.13 bits per heavy atom. The molecule has 0 fully saturated rings. The third kappa shape index (κ3) is 1.79. The monoisotopic (exact) mass is 222 g/mol. The van der Waals surface area contributed by atoms with Gasteiger partial charge in [0.2, 0.25) is 0 Å². The van der Waals surface area contributed by atoms with Crippen LogP contribution in [0.15, 0.2) is 41.3 Å². The van der Waals surface area contributed by atoms with Gasteiger partial charge >= 0.3 is 0 Å². The number of nitrogens with two attached hydrogens (primary N) is 1. The van der Waals surface area contributed by atoms with Gasteiger partial charge in [0.25, 0.3) is 0 Å². The fourth-order valence-corrected chi connectivity index (χ4v) is 2.17. The van der Waals surface area contributed by atoms with Crippen molar-refractivity contribution in [3.8, 4) is 0 Å². The normalized spacial score (nSPS) is 11.8. The number of anilines is 1. The van der Waals surface area contributed by atoms with Gasteiger partial charge in [-0.2, -0.15) is 0 Å². The van der Waals surface area contributed by atoms with Gasteiger partial charge in [0.05, 0.1) is 4.90 Å². The first-order chi connectivity index (χ1) is 6.98. The highest BCUT2D eigenvalue weighted by Crippen LogP contribution is 2.24. The summed E-state index contributed by atoms with van der Waals surface area (Å²) >= 11 is 0. The van der Waals surface area contributed by atoms with E-state index in [2.05, 4.69) is 0 Å². The van der Waals surface area contributed by atoms with Gasteiger partial charge in [0, 0.05) is 11.1 Å². The molecule has 0 atom stereocenters. The molecule has 2 aromatic carbocycles. The van der Waals surface area contributed by atoms with Crippen molar-refractivity contribution < 1.29 is 13.0 Å². The lowest BCUT2D eigenvalue weighted by atomic mass is 10.1. The predicted octanol–water partition coefficient (Wildman–Crippen LogP) is 1.33. The molecule has 0 aromatic heterocycles. The van der Waals surface area contributed by atoms with Crippen molar-refractivity contribution in [2.45, 2.75) is 4.90 Å². The number of fused-ring (bicyclic) bond motifs is 1. The van der Waals surface area contributed by atoms with E-state index in [4.69, 9.17) is 5.73 Å². The highest BCUT2D eigenvalue weighted by atomic mass is 32.2. The molecule has 78 valence electrons. The molecule has 4 nitrogen and oxygen atoms in total. The van der Waals surface area contributed by atoms with Gasteiger partial charge in [0.1, 0.15) is 10.1 Å². The molecular formula is C10H8NO3S-. The minimum atomic E-state index is -4.45. The fourth-order valence-electron chi connectivity index (χ4n) is 1.48. The fraction of sp³-hybridized carbons (Fsp3) is 0. The van der Waals surface area contributed by atoms with Gasteiger partial charge in [-0.1, -0.05) is 18.2 Å². The van der Waals surface area contributed by atoms with E-state index in [1.165, 1.54) is 18.2 Å². The Kier molecular flexibility index (Phi) is 2.13. The van der Waals surface area contributed by atoms with E-state index in [0.717, 1.165) is 0 Å². The van der Waals surface area contributed by atoms with E-state index in [0.29, 0.717) is 16.5 Å². The molecule has 0 amide bonds. The Morgan fingerprint density at radius 3 is 2.53 bits per heavy atom. The molecule has 0 unspecified atom stereocenters. The van der Waals surface area contributed by atoms with Crippen molar-refractivity contribution in [1.29, 1.82) is 0 Å². The van der Waals surface area contributed by atoms with E-state index in [1.807, 2.05) is 0 Å². The smallest absolute Gasteiger partial charge is 0.125 e. The Morgan fingerprint density at radius 2 is 1.87 bits per heavy atom. The van der Waals surface area contributed by atoms with E-state index in [-0.39, 0.29) is 4.90 Å². The van der Waals surface area contributed by atoms with Crippen LogP contribution < -0.4 is 5.73 Å². The first kappa shape index (κ1) is 9.95. The first-order valence-corrected chi connectivity index (χ1v) is 5.63. The highest BCUT2D eigenvalue weighted by Gasteiger charge is 2.06. The zero-order chi connectivity index (χ0) is 11.1. The minimum absolute atomic E-state index is 0.229.